The lowest BCUT2D eigenvalue weighted by atomic mass is 10.2. The lowest BCUT2D eigenvalue weighted by Crippen LogP contribution is -2.19. The number of hydrogen-bond acceptors (Lipinski definition) is 7. The van der Waals surface area contributed by atoms with Crippen LogP contribution in [0.5, 0.6) is 0 Å². The number of fused-ring (bicyclic) bond motifs is 1. The van der Waals surface area contributed by atoms with Crippen molar-refractivity contribution in [3.63, 3.8) is 0 Å². The van der Waals surface area contributed by atoms with Gasteiger partial charge in [0.25, 0.3) is 0 Å². The second-order valence-corrected chi connectivity index (χ2v) is 7.46. The lowest BCUT2D eigenvalue weighted by molar-refractivity contribution is -0.0383. The number of ether oxygens (including phenoxy) is 1. The van der Waals surface area contributed by atoms with Crippen LogP contribution in [-0.2, 0) is 4.74 Å². The molecule has 0 radical (unpaired) electrons. The first-order valence-corrected chi connectivity index (χ1v) is 9.78. The lowest BCUT2D eigenvalue weighted by Gasteiger charge is -2.24. The highest BCUT2D eigenvalue weighted by molar-refractivity contribution is 7.22. The molecule has 1 aliphatic heterocycles. The molecule has 1 saturated heterocycles. The standard InChI is InChI=1S/C18H23N5O2S/c19-16-11-12(20-6-3-8-24)18-13(22-16)10-15(26-18)14-5-7-21-23(14)17-4-1-2-9-25-17/h5,7,10-11,17,24H,1-4,6,8-9H2,(H3,19,20,22). The monoisotopic (exact) mass is 373 g/mol. The number of hydrogen-bond donors (Lipinski definition) is 3. The smallest absolute Gasteiger partial charge is 0.150 e. The molecule has 0 spiro atoms. The average Bonchev–Trinajstić information content (AvgIpc) is 3.29. The van der Waals surface area contributed by atoms with Gasteiger partial charge in [-0.3, -0.25) is 0 Å². The summed E-state index contributed by atoms with van der Waals surface area (Å²) >= 11 is 1.67. The van der Waals surface area contributed by atoms with Crippen molar-refractivity contribution in [2.45, 2.75) is 31.9 Å². The van der Waals surface area contributed by atoms with Crippen LogP contribution < -0.4 is 11.1 Å². The number of pyridine rings is 1. The fourth-order valence-electron chi connectivity index (χ4n) is 3.26. The molecule has 26 heavy (non-hydrogen) atoms. The summed E-state index contributed by atoms with van der Waals surface area (Å²) in [7, 11) is 0. The number of aliphatic hydroxyl groups excluding tert-OH is 1. The Kier molecular flexibility index (Phi) is 5.05. The largest absolute Gasteiger partial charge is 0.396 e. The summed E-state index contributed by atoms with van der Waals surface area (Å²) in [6.45, 7) is 1.64. The van der Waals surface area contributed by atoms with E-state index < -0.39 is 0 Å². The molecule has 8 heteroatoms. The third-order valence-corrected chi connectivity index (χ3v) is 5.68. The molecule has 4 N–H and O–H groups in total. The summed E-state index contributed by atoms with van der Waals surface area (Å²) in [5.74, 6) is 0.484. The minimum absolute atomic E-state index is 0.000796. The summed E-state index contributed by atoms with van der Waals surface area (Å²) in [4.78, 5) is 5.57. The van der Waals surface area contributed by atoms with Crippen molar-refractivity contribution in [2.24, 2.45) is 0 Å². The molecule has 0 bridgehead atoms. The zero-order valence-corrected chi connectivity index (χ0v) is 15.3. The van der Waals surface area contributed by atoms with Gasteiger partial charge in [-0.1, -0.05) is 0 Å². The number of nitrogen functional groups attached to an aromatic ring is 1. The second-order valence-electron chi connectivity index (χ2n) is 6.41. The molecule has 1 fully saturated rings. The molecule has 3 aromatic rings. The average molecular weight is 373 g/mol. The fourth-order valence-corrected chi connectivity index (χ4v) is 4.36. The highest BCUT2D eigenvalue weighted by Crippen LogP contribution is 2.39. The molecule has 1 atom stereocenters. The van der Waals surface area contributed by atoms with Crippen LogP contribution in [0.3, 0.4) is 0 Å². The van der Waals surface area contributed by atoms with E-state index in [1.54, 1.807) is 11.3 Å². The topological polar surface area (TPSA) is 98.2 Å². The van der Waals surface area contributed by atoms with E-state index in [4.69, 9.17) is 15.6 Å². The zero-order valence-electron chi connectivity index (χ0n) is 14.5. The highest BCUT2D eigenvalue weighted by atomic mass is 32.1. The molecule has 1 aliphatic rings. The highest BCUT2D eigenvalue weighted by Gasteiger charge is 2.21. The molecule has 1 unspecified atom stereocenters. The van der Waals surface area contributed by atoms with Gasteiger partial charge in [0.2, 0.25) is 0 Å². The summed E-state index contributed by atoms with van der Waals surface area (Å²) in [5, 5.41) is 16.8. The van der Waals surface area contributed by atoms with Gasteiger partial charge in [-0.15, -0.1) is 11.3 Å². The van der Waals surface area contributed by atoms with Crippen molar-refractivity contribution in [1.82, 2.24) is 14.8 Å². The van der Waals surface area contributed by atoms with Crippen molar-refractivity contribution in [3.8, 4) is 10.6 Å². The van der Waals surface area contributed by atoms with Gasteiger partial charge < -0.3 is 20.9 Å². The van der Waals surface area contributed by atoms with Crippen molar-refractivity contribution in [1.29, 1.82) is 0 Å². The molecular formula is C18H23N5O2S. The van der Waals surface area contributed by atoms with Crippen LogP contribution in [0.2, 0.25) is 0 Å². The first-order chi connectivity index (χ1) is 12.8. The molecule has 3 aromatic heterocycles. The molecule has 4 heterocycles. The Morgan fingerprint density at radius 2 is 2.31 bits per heavy atom. The van der Waals surface area contributed by atoms with E-state index in [2.05, 4.69) is 21.5 Å². The van der Waals surface area contributed by atoms with E-state index in [-0.39, 0.29) is 12.8 Å². The molecule has 0 aliphatic carbocycles. The number of rotatable bonds is 6. The maximum Gasteiger partial charge on any atom is 0.150 e. The van der Waals surface area contributed by atoms with Crippen molar-refractivity contribution >= 4 is 33.1 Å². The Hall–Kier alpha value is -2.16. The van der Waals surface area contributed by atoms with Crippen molar-refractivity contribution < 1.29 is 9.84 Å². The van der Waals surface area contributed by atoms with Crippen LogP contribution in [0.15, 0.2) is 24.4 Å². The second kappa shape index (κ2) is 7.61. The SMILES string of the molecule is Nc1cc(NCCCO)c2sc(-c3ccnn3C3CCCCO3)cc2n1. The fraction of sp³-hybridized carbons (Fsp3) is 0.444. The number of nitrogens with two attached hydrogens (primary N) is 1. The van der Waals surface area contributed by atoms with Crippen molar-refractivity contribution in [2.75, 3.05) is 30.8 Å². The quantitative estimate of drug-likeness (QED) is 0.574. The Bertz CT molecular complexity index is 885. The number of nitrogens with one attached hydrogen (secondary N) is 1. The van der Waals surface area contributed by atoms with Crippen LogP contribution in [0.1, 0.15) is 31.9 Å². The van der Waals surface area contributed by atoms with E-state index in [1.807, 2.05) is 23.0 Å². The molecule has 7 nitrogen and oxygen atoms in total. The number of aromatic nitrogens is 3. The summed E-state index contributed by atoms with van der Waals surface area (Å²) in [6, 6.07) is 5.93. The Labute approximate surface area is 155 Å². The molecular weight excluding hydrogens is 350 g/mol. The Morgan fingerprint density at radius 1 is 1.38 bits per heavy atom. The summed E-state index contributed by atoms with van der Waals surface area (Å²) in [5.41, 5.74) is 8.84. The van der Waals surface area contributed by atoms with E-state index in [1.165, 1.54) is 0 Å². The van der Waals surface area contributed by atoms with Gasteiger partial charge in [0.1, 0.15) is 5.82 Å². The third kappa shape index (κ3) is 3.40. The van der Waals surface area contributed by atoms with Crippen LogP contribution in [-0.4, -0.2) is 39.6 Å². The predicted octanol–water partition coefficient (Wildman–Crippen LogP) is 3.24. The van der Waals surface area contributed by atoms with Gasteiger partial charge in [0.05, 0.1) is 26.5 Å². The zero-order chi connectivity index (χ0) is 17.9. The first-order valence-electron chi connectivity index (χ1n) is 8.96. The molecule has 138 valence electrons. The van der Waals surface area contributed by atoms with Crippen molar-refractivity contribution in [3.05, 3.63) is 24.4 Å². The van der Waals surface area contributed by atoms with E-state index in [0.29, 0.717) is 18.8 Å². The predicted molar refractivity (Wildman–Crippen MR) is 104 cm³/mol. The third-order valence-electron chi connectivity index (χ3n) is 4.50. The minimum Gasteiger partial charge on any atom is -0.396 e. The van der Waals surface area contributed by atoms with Crippen LogP contribution in [0.4, 0.5) is 11.5 Å². The van der Waals surface area contributed by atoms with E-state index in [0.717, 1.165) is 52.3 Å². The summed E-state index contributed by atoms with van der Waals surface area (Å²) in [6.07, 6.45) is 5.76. The normalized spacial score (nSPS) is 17.7. The maximum absolute atomic E-state index is 9.00. The molecule has 0 amide bonds. The van der Waals surface area contributed by atoms with Gasteiger partial charge in [0, 0.05) is 32.0 Å². The number of nitrogens with zero attached hydrogens (tertiary/aromatic N) is 3. The Morgan fingerprint density at radius 3 is 3.12 bits per heavy atom. The van der Waals surface area contributed by atoms with Gasteiger partial charge >= 0.3 is 0 Å². The number of thiophene rings is 1. The maximum atomic E-state index is 9.00. The van der Waals surface area contributed by atoms with Gasteiger partial charge in [-0.05, 0) is 37.8 Å². The van der Waals surface area contributed by atoms with E-state index in [9.17, 15) is 0 Å². The van der Waals surface area contributed by atoms with Gasteiger partial charge in [-0.25, -0.2) is 9.67 Å². The van der Waals surface area contributed by atoms with Crippen LogP contribution >= 0.6 is 11.3 Å². The van der Waals surface area contributed by atoms with Gasteiger partial charge in [0.15, 0.2) is 6.23 Å². The first kappa shape index (κ1) is 17.3. The minimum atomic E-state index is -0.000796. The molecule has 4 rings (SSSR count). The molecule has 0 saturated carbocycles. The van der Waals surface area contributed by atoms with Crippen LogP contribution in [0.25, 0.3) is 20.8 Å². The molecule has 0 aromatic carbocycles. The summed E-state index contributed by atoms with van der Waals surface area (Å²) < 4.78 is 8.94. The van der Waals surface area contributed by atoms with E-state index >= 15 is 0 Å². The Balaban J connectivity index is 1.70. The number of aliphatic hydroxyl groups is 1. The van der Waals surface area contributed by atoms with Crippen LogP contribution in [0, 0.1) is 0 Å². The number of anilines is 2. The van der Waals surface area contributed by atoms with Gasteiger partial charge in [-0.2, -0.15) is 5.10 Å².